The molecule has 0 radical (unpaired) electrons. The van der Waals surface area contributed by atoms with Gasteiger partial charge in [-0.2, -0.15) is 0 Å². The highest BCUT2D eigenvalue weighted by Crippen LogP contribution is 2.19. The standard InChI is InChI=1S/C10H10BrN5O3S/c1-2-12-9-7(13-14-20-9)5-15-4-6(11)3-8(10(15)17)16(18)19/h3-4,12H,2,5H2,1H3. The zero-order valence-electron chi connectivity index (χ0n) is 10.4. The highest BCUT2D eigenvalue weighted by molar-refractivity contribution is 9.10. The Balaban J connectivity index is 2.41. The Morgan fingerprint density at radius 1 is 1.60 bits per heavy atom. The van der Waals surface area contributed by atoms with Crippen LogP contribution in [0.15, 0.2) is 21.5 Å². The van der Waals surface area contributed by atoms with Crippen molar-refractivity contribution in [3.8, 4) is 0 Å². The molecule has 2 aromatic heterocycles. The van der Waals surface area contributed by atoms with Gasteiger partial charge in [-0.25, -0.2) is 0 Å². The highest BCUT2D eigenvalue weighted by Gasteiger charge is 2.17. The molecule has 0 amide bonds. The largest absolute Gasteiger partial charge is 0.374 e. The van der Waals surface area contributed by atoms with Crippen molar-refractivity contribution in [2.45, 2.75) is 13.5 Å². The normalized spacial score (nSPS) is 10.5. The number of hydrogen-bond acceptors (Lipinski definition) is 7. The van der Waals surface area contributed by atoms with Crippen LogP contribution in [0.2, 0.25) is 0 Å². The van der Waals surface area contributed by atoms with Gasteiger partial charge in [0, 0.05) is 34.8 Å². The number of nitrogens with zero attached hydrogens (tertiary/aromatic N) is 4. The number of aromatic nitrogens is 3. The SMILES string of the molecule is CCNc1snnc1Cn1cc(Br)cc([N+](=O)[O-])c1=O. The van der Waals surface area contributed by atoms with Gasteiger partial charge in [0.1, 0.15) is 10.7 Å². The third kappa shape index (κ3) is 3.02. The van der Waals surface area contributed by atoms with E-state index in [0.29, 0.717) is 16.7 Å². The van der Waals surface area contributed by atoms with Crippen LogP contribution in [0, 0.1) is 10.1 Å². The lowest BCUT2D eigenvalue weighted by atomic mass is 10.3. The van der Waals surface area contributed by atoms with Crippen LogP contribution in [0.5, 0.6) is 0 Å². The molecule has 0 bridgehead atoms. The minimum Gasteiger partial charge on any atom is -0.374 e. The first-order chi connectivity index (χ1) is 9.52. The Bertz CT molecular complexity index is 698. The van der Waals surface area contributed by atoms with Crippen molar-refractivity contribution in [3.63, 3.8) is 0 Å². The fraction of sp³-hybridized carbons (Fsp3) is 0.300. The van der Waals surface area contributed by atoms with Gasteiger partial charge in [0.2, 0.25) is 0 Å². The minimum absolute atomic E-state index is 0.123. The molecule has 20 heavy (non-hydrogen) atoms. The van der Waals surface area contributed by atoms with Crippen LogP contribution in [-0.4, -0.2) is 25.6 Å². The topological polar surface area (TPSA) is 103 Å². The lowest BCUT2D eigenvalue weighted by molar-refractivity contribution is -0.386. The van der Waals surface area contributed by atoms with Gasteiger partial charge in [-0.1, -0.05) is 4.49 Å². The molecule has 2 heterocycles. The van der Waals surface area contributed by atoms with Crippen LogP contribution in [0.3, 0.4) is 0 Å². The number of hydrogen-bond donors (Lipinski definition) is 1. The Labute approximate surface area is 125 Å². The molecule has 0 unspecified atom stereocenters. The lowest BCUT2D eigenvalue weighted by Crippen LogP contribution is -2.23. The molecule has 0 aliphatic carbocycles. The van der Waals surface area contributed by atoms with Crippen LogP contribution in [-0.2, 0) is 6.54 Å². The van der Waals surface area contributed by atoms with E-state index in [1.807, 2.05) is 6.92 Å². The first-order valence-corrected chi connectivity index (χ1v) is 7.19. The minimum atomic E-state index is -0.700. The third-order valence-electron chi connectivity index (χ3n) is 2.44. The molecule has 0 aliphatic heterocycles. The summed E-state index contributed by atoms with van der Waals surface area (Å²) < 4.78 is 5.51. The van der Waals surface area contributed by atoms with Gasteiger partial charge < -0.3 is 9.88 Å². The summed E-state index contributed by atoms with van der Waals surface area (Å²) in [6, 6.07) is 1.18. The molecule has 106 valence electrons. The van der Waals surface area contributed by atoms with E-state index in [-0.39, 0.29) is 6.54 Å². The summed E-state index contributed by atoms with van der Waals surface area (Å²) in [5.41, 5.74) is -0.576. The van der Waals surface area contributed by atoms with Crippen LogP contribution >= 0.6 is 27.5 Å². The zero-order chi connectivity index (χ0) is 14.7. The van der Waals surface area contributed by atoms with E-state index in [2.05, 4.69) is 30.8 Å². The predicted molar refractivity (Wildman–Crippen MR) is 78.2 cm³/mol. The van der Waals surface area contributed by atoms with E-state index in [9.17, 15) is 14.9 Å². The Morgan fingerprint density at radius 2 is 2.35 bits per heavy atom. The first kappa shape index (κ1) is 14.6. The predicted octanol–water partition coefficient (Wildman–Crippen LogP) is 1.85. The van der Waals surface area contributed by atoms with Crippen molar-refractivity contribution >= 4 is 38.2 Å². The molecule has 0 atom stereocenters. The average molecular weight is 360 g/mol. The van der Waals surface area contributed by atoms with Crippen molar-refractivity contribution in [1.29, 1.82) is 0 Å². The number of nitro groups is 1. The smallest absolute Gasteiger partial charge is 0.335 e. The Morgan fingerprint density at radius 3 is 3.00 bits per heavy atom. The fourth-order valence-electron chi connectivity index (χ4n) is 1.60. The molecule has 0 saturated carbocycles. The molecule has 2 aromatic rings. The summed E-state index contributed by atoms with van der Waals surface area (Å²) in [6.45, 7) is 2.75. The lowest BCUT2D eigenvalue weighted by Gasteiger charge is -2.06. The third-order valence-corrected chi connectivity index (χ3v) is 3.60. The van der Waals surface area contributed by atoms with E-state index in [4.69, 9.17) is 0 Å². The molecule has 0 aromatic carbocycles. The summed E-state index contributed by atoms with van der Waals surface area (Å²) >= 11 is 4.34. The maximum atomic E-state index is 12.0. The Hall–Kier alpha value is -1.81. The molecular weight excluding hydrogens is 350 g/mol. The maximum absolute atomic E-state index is 12.0. The molecular formula is C10H10BrN5O3S. The summed E-state index contributed by atoms with van der Waals surface area (Å²) in [5.74, 6) is 0. The van der Waals surface area contributed by atoms with Gasteiger partial charge in [-0.15, -0.1) is 5.10 Å². The van der Waals surface area contributed by atoms with Gasteiger partial charge in [-0.05, 0) is 22.9 Å². The zero-order valence-corrected chi connectivity index (χ0v) is 12.8. The van der Waals surface area contributed by atoms with Gasteiger partial charge in [0.25, 0.3) is 0 Å². The van der Waals surface area contributed by atoms with E-state index in [1.54, 1.807) is 0 Å². The Kier molecular flexibility index (Phi) is 4.45. The summed E-state index contributed by atoms with van der Waals surface area (Å²) in [5, 5.41) is 18.6. The number of nitrogens with one attached hydrogen (secondary N) is 1. The second kappa shape index (κ2) is 6.09. The van der Waals surface area contributed by atoms with Crippen molar-refractivity contribution in [2.24, 2.45) is 0 Å². The molecule has 0 fully saturated rings. The second-order valence-corrected chi connectivity index (χ2v) is 5.48. The van der Waals surface area contributed by atoms with E-state index < -0.39 is 16.2 Å². The summed E-state index contributed by atoms with van der Waals surface area (Å²) in [6.07, 6.45) is 1.49. The van der Waals surface area contributed by atoms with Crippen molar-refractivity contribution in [3.05, 3.63) is 42.9 Å². The van der Waals surface area contributed by atoms with Gasteiger partial charge in [0.05, 0.1) is 11.5 Å². The van der Waals surface area contributed by atoms with E-state index >= 15 is 0 Å². The maximum Gasteiger partial charge on any atom is 0.335 e. The van der Waals surface area contributed by atoms with Crippen LogP contribution < -0.4 is 10.9 Å². The van der Waals surface area contributed by atoms with Crippen LogP contribution in [0.1, 0.15) is 12.6 Å². The quantitative estimate of drug-likeness (QED) is 0.645. The molecule has 2 rings (SSSR count). The molecule has 0 saturated heterocycles. The van der Waals surface area contributed by atoms with Crippen molar-refractivity contribution < 1.29 is 4.92 Å². The van der Waals surface area contributed by atoms with Gasteiger partial charge in [-0.3, -0.25) is 14.9 Å². The number of pyridine rings is 1. The highest BCUT2D eigenvalue weighted by atomic mass is 79.9. The molecule has 0 spiro atoms. The molecule has 10 heteroatoms. The van der Waals surface area contributed by atoms with E-state index in [0.717, 1.165) is 5.00 Å². The number of rotatable bonds is 5. The van der Waals surface area contributed by atoms with Gasteiger partial charge >= 0.3 is 11.2 Å². The van der Waals surface area contributed by atoms with Crippen LogP contribution in [0.25, 0.3) is 0 Å². The van der Waals surface area contributed by atoms with Crippen molar-refractivity contribution in [2.75, 3.05) is 11.9 Å². The molecule has 0 aliphatic rings. The second-order valence-electron chi connectivity index (χ2n) is 3.81. The molecule has 8 nitrogen and oxygen atoms in total. The summed E-state index contributed by atoms with van der Waals surface area (Å²) in [7, 11) is 0. The van der Waals surface area contributed by atoms with E-state index in [1.165, 1.54) is 28.4 Å². The molecule has 1 N–H and O–H groups in total. The average Bonchev–Trinajstić information content (AvgIpc) is 2.81. The fourth-order valence-corrected chi connectivity index (χ4v) is 2.71. The first-order valence-electron chi connectivity index (χ1n) is 5.62. The number of halogens is 1. The number of anilines is 1. The summed E-state index contributed by atoms with van der Waals surface area (Å²) in [4.78, 5) is 22.1. The van der Waals surface area contributed by atoms with Crippen molar-refractivity contribution in [1.82, 2.24) is 14.2 Å². The monoisotopic (exact) mass is 359 g/mol. The van der Waals surface area contributed by atoms with Crippen LogP contribution in [0.4, 0.5) is 10.7 Å². The van der Waals surface area contributed by atoms with Gasteiger partial charge in [0.15, 0.2) is 0 Å².